The van der Waals surface area contributed by atoms with Gasteiger partial charge in [0.25, 0.3) is 0 Å². The van der Waals surface area contributed by atoms with E-state index in [1.807, 2.05) is 0 Å². The molecule has 0 aliphatic carbocycles. The highest BCUT2D eigenvalue weighted by molar-refractivity contribution is 6.35. The van der Waals surface area contributed by atoms with Crippen molar-refractivity contribution in [3.05, 3.63) is 76.3 Å². The van der Waals surface area contributed by atoms with Crippen LogP contribution in [0.4, 0.5) is 18.9 Å². The molecule has 4 aromatic rings. The van der Waals surface area contributed by atoms with Gasteiger partial charge in [-0.2, -0.15) is 13.2 Å². The Kier molecular flexibility index (Phi) is 5.72. The van der Waals surface area contributed by atoms with Crippen molar-refractivity contribution in [3.63, 3.8) is 0 Å². The number of rotatable bonds is 6. The topological polar surface area (TPSA) is 110 Å². The Hall–Kier alpha value is -3.86. The van der Waals surface area contributed by atoms with Gasteiger partial charge in [-0.1, -0.05) is 23.7 Å². The number of aromatic amines is 1. The van der Waals surface area contributed by atoms with Crippen LogP contribution in [-0.2, 0) is 12.6 Å². The largest absolute Gasteiger partial charge is 0.416 e. The number of H-pyrrole nitrogens is 1. The van der Waals surface area contributed by atoms with E-state index in [-0.39, 0.29) is 35.3 Å². The highest BCUT2D eigenvalue weighted by Crippen LogP contribution is 2.36. The zero-order chi connectivity index (χ0) is 24.7. The Morgan fingerprint density at radius 2 is 2.06 bits per heavy atom. The lowest BCUT2D eigenvalue weighted by Crippen LogP contribution is -2.09. The molecule has 4 heterocycles. The molecule has 0 unspecified atom stereocenters. The molecule has 0 radical (unpaired) electrons. The molecule has 1 aromatic carbocycles. The van der Waals surface area contributed by atoms with E-state index in [1.54, 1.807) is 25.4 Å². The molecule has 35 heavy (non-hydrogen) atoms. The van der Waals surface area contributed by atoms with E-state index in [2.05, 4.69) is 30.1 Å². The summed E-state index contributed by atoms with van der Waals surface area (Å²) in [4.78, 5) is 32.4. The molecule has 0 amide bonds. The van der Waals surface area contributed by atoms with Crippen molar-refractivity contribution in [1.29, 1.82) is 0 Å². The number of carbonyl (C=O) groups excluding carboxylic acids is 1. The summed E-state index contributed by atoms with van der Waals surface area (Å²) in [5.74, 6) is 0.0948. The number of Topliss-reactive ketones (excluding diaryl/α,β-unsaturated/α-hetero) is 1. The Morgan fingerprint density at radius 1 is 1.23 bits per heavy atom. The molecule has 3 aromatic heterocycles. The molecule has 1 atom stereocenters. The van der Waals surface area contributed by atoms with Gasteiger partial charge in [-0.15, -0.1) is 0 Å². The molecule has 0 spiro atoms. The number of halogens is 4. The average molecular weight is 501 g/mol. The smallest absolute Gasteiger partial charge is 0.355 e. The standard InChI is InChI=1S/C23H16ClF3N6O2/c1-11(6-17(34)20-19(24)21(31-10-30-20)22-28-4-5-29-22)15-9-18(35-33-15)16-8-12-7-13(23(25,26)27)2-3-14(12)32-16/h2-5,7,9-11H,6,8H2,1H3,(H,28,29)/t11-/m0/s1. The van der Waals surface area contributed by atoms with Gasteiger partial charge in [-0.05, 0) is 23.8 Å². The number of aromatic nitrogens is 5. The minimum atomic E-state index is -4.43. The van der Waals surface area contributed by atoms with E-state index in [4.69, 9.17) is 16.1 Å². The molecular weight excluding hydrogens is 485 g/mol. The first-order chi connectivity index (χ1) is 16.7. The van der Waals surface area contributed by atoms with Crippen LogP contribution in [0.2, 0.25) is 5.02 Å². The van der Waals surface area contributed by atoms with Crippen molar-refractivity contribution >= 4 is 28.8 Å². The normalized spacial score (nSPS) is 14.0. The Balaban J connectivity index is 1.30. The molecule has 0 bridgehead atoms. The maximum atomic E-state index is 13.0. The molecule has 0 fully saturated rings. The van der Waals surface area contributed by atoms with E-state index in [9.17, 15) is 18.0 Å². The molecule has 0 saturated carbocycles. The first-order valence-electron chi connectivity index (χ1n) is 10.5. The first-order valence-corrected chi connectivity index (χ1v) is 10.9. The molecule has 1 aliphatic rings. The van der Waals surface area contributed by atoms with Gasteiger partial charge in [0.15, 0.2) is 17.4 Å². The molecular formula is C23H16ClF3N6O2. The van der Waals surface area contributed by atoms with E-state index < -0.39 is 11.7 Å². The van der Waals surface area contributed by atoms with Gasteiger partial charge in [0.05, 0.1) is 27.7 Å². The summed E-state index contributed by atoms with van der Waals surface area (Å²) >= 11 is 6.37. The summed E-state index contributed by atoms with van der Waals surface area (Å²) in [6, 6.07) is 5.07. The minimum absolute atomic E-state index is 0.0436. The van der Waals surface area contributed by atoms with Gasteiger partial charge in [-0.3, -0.25) is 4.79 Å². The number of alkyl halides is 3. The fourth-order valence-corrected chi connectivity index (χ4v) is 4.07. The monoisotopic (exact) mass is 500 g/mol. The van der Waals surface area contributed by atoms with Gasteiger partial charge in [-0.25, -0.2) is 19.9 Å². The zero-order valence-electron chi connectivity index (χ0n) is 18.1. The molecule has 8 nitrogen and oxygen atoms in total. The summed E-state index contributed by atoms with van der Waals surface area (Å²) in [6.45, 7) is 1.79. The second kappa shape index (κ2) is 8.73. The number of benzene rings is 1. The lowest BCUT2D eigenvalue weighted by atomic mass is 9.98. The zero-order valence-corrected chi connectivity index (χ0v) is 18.9. The fraction of sp³-hybridized carbons (Fsp3) is 0.217. The minimum Gasteiger partial charge on any atom is -0.355 e. The van der Waals surface area contributed by atoms with Gasteiger partial charge < -0.3 is 9.51 Å². The van der Waals surface area contributed by atoms with Crippen molar-refractivity contribution in [3.8, 4) is 11.5 Å². The Morgan fingerprint density at radius 3 is 2.80 bits per heavy atom. The van der Waals surface area contributed by atoms with Crippen LogP contribution in [0.5, 0.6) is 0 Å². The summed E-state index contributed by atoms with van der Waals surface area (Å²) < 4.78 is 44.4. The highest BCUT2D eigenvalue weighted by Gasteiger charge is 2.32. The second-order valence-corrected chi connectivity index (χ2v) is 8.42. The van der Waals surface area contributed by atoms with Crippen molar-refractivity contribution < 1.29 is 22.5 Å². The predicted octanol–water partition coefficient (Wildman–Crippen LogP) is 5.58. The summed E-state index contributed by atoms with van der Waals surface area (Å²) in [5, 5.41) is 4.13. The summed E-state index contributed by atoms with van der Waals surface area (Å²) in [7, 11) is 0. The number of aliphatic imine (C=N–C) groups is 1. The number of nitrogens with one attached hydrogen (secondary N) is 1. The Bertz CT molecular complexity index is 1450. The third kappa shape index (κ3) is 4.46. The maximum Gasteiger partial charge on any atom is 0.416 e. The van der Waals surface area contributed by atoms with E-state index >= 15 is 0 Å². The van der Waals surface area contributed by atoms with Gasteiger partial charge in [0.2, 0.25) is 0 Å². The van der Waals surface area contributed by atoms with Crippen molar-refractivity contribution in [2.45, 2.75) is 31.9 Å². The molecule has 0 saturated heterocycles. The third-order valence-electron chi connectivity index (χ3n) is 5.61. The SMILES string of the molecule is C[C@@H](CC(=O)c1ncnc(-c2ncc[nH]2)c1Cl)c1cc(C2=Nc3ccc(C(F)(F)F)cc3C2)on1. The van der Waals surface area contributed by atoms with Crippen molar-refractivity contribution in [2.75, 3.05) is 0 Å². The Labute approximate surface area is 201 Å². The van der Waals surface area contributed by atoms with Crippen LogP contribution in [-0.4, -0.2) is 36.6 Å². The van der Waals surface area contributed by atoms with E-state index in [0.717, 1.165) is 12.1 Å². The summed E-state index contributed by atoms with van der Waals surface area (Å²) in [5.41, 5.74) is 1.55. The number of hydrogen-bond acceptors (Lipinski definition) is 7. The van der Waals surface area contributed by atoms with Crippen LogP contribution in [0, 0.1) is 0 Å². The lowest BCUT2D eigenvalue weighted by Gasteiger charge is -2.08. The number of hydrogen-bond donors (Lipinski definition) is 1. The van der Waals surface area contributed by atoms with Crippen LogP contribution in [0.15, 0.2) is 52.5 Å². The maximum absolute atomic E-state index is 13.0. The van der Waals surface area contributed by atoms with Crippen LogP contribution in [0.1, 0.15) is 52.3 Å². The fourth-order valence-electron chi connectivity index (χ4n) is 3.78. The van der Waals surface area contributed by atoms with Gasteiger partial charge >= 0.3 is 6.18 Å². The highest BCUT2D eigenvalue weighted by atomic mass is 35.5. The molecule has 178 valence electrons. The van der Waals surface area contributed by atoms with Crippen molar-refractivity contribution in [2.24, 2.45) is 4.99 Å². The number of imidazole rings is 1. The van der Waals surface area contributed by atoms with Gasteiger partial charge in [0, 0.05) is 37.2 Å². The van der Waals surface area contributed by atoms with Crippen LogP contribution >= 0.6 is 11.6 Å². The van der Waals surface area contributed by atoms with Crippen LogP contribution in [0.25, 0.3) is 11.5 Å². The van der Waals surface area contributed by atoms with Crippen molar-refractivity contribution in [1.82, 2.24) is 25.1 Å². The number of carbonyl (C=O) groups is 1. The van der Waals surface area contributed by atoms with Gasteiger partial charge in [0.1, 0.15) is 17.7 Å². The molecule has 1 N–H and O–H groups in total. The van der Waals surface area contributed by atoms with E-state index in [1.165, 1.54) is 12.4 Å². The van der Waals surface area contributed by atoms with Crippen LogP contribution in [0.3, 0.4) is 0 Å². The first kappa shape index (κ1) is 22.9. The predicted molar refractivity (Wildman–Crippen MR) is 120 cm³/mol. The van der Waals surface area contributed by atoms with E-state index in [0.29, 0.717) is 39.9 Å². The third-order valence-corrected chi connectivity index (χ3v) is 5.96. The molecule has 5 rings (SSSR count). The average Bonchev–Trinajstić information content (AvgIpc) is 3.58. The number of fused-ring (bicyclic) bond motifs is 1. The number of ketones is 1. The number of nitrogens with zero attached hydrogens (tertiary/aromatic N) is 5. The molecule has 1 aliphatic heterocycles. The summed E-state index contributed by atoms with van der Waals surface area (Å²) in [6.07, 6.45) is 0.208. The van der Waals surface area contributed by atoms with Crippen LogP contribution < -0.4 is 0 Å². The molecule has 12 heteroatoms. The second-order valence-electron chi connectivity index (χ2n) is 8.04. The lowest BCUT2D eigenvalue weighted by molar-refractivity contribution is -0.137. The quantitative estimate of drug-likeness (QED) is 0.346.